The van der Waals surface area contributed by atoms with E-state index < -0.39 is 0 Å². The van der Waals surface area contributed by atoms with E-state index in [0.29, 0.717) is 11.3 Å². The van der Waals surface area contributed by atoms with Crippen molar-refractivity contribution >= 4 is 40.9 Å². The third kappa shape index (κ3) is 5.89. The summed E-state index contributed by atoms with van der Waals surface area (Å²) in [6, 6.07) is 14.4. The Morgan fingerprint density at radius 1 is 1.03 bits per heavy atom. The predicted molar refractivity (Wildman–Crippen MR) is 118 cm³/mol. The summed E-state index contributed by atoms with van der Waals surface area (Å²) in [6.45, 7) is 1.64. The Balaban J connectivity index is 1.49. The highest BCUT2D eigenvalue weighted by Crippen LogP contribution is 2.15. The fraction of sp³-hybridized carbons (Fsp3) is 0.227. The lowest BCUT2D eigenvalue weighted by atomic mass is 10.2. The molecule has 29 heavy (non-hydrogen) atoms. The van der Waals surface area contributed by atoms with Crippen molar-refractivity contribution < 1.29 is 14.3 Å². The summed E-state index contributed by atoms with van der Waals surface area (Å²) in [6.07, 6.45) is 5.22. The summed E-state index contributed by atoms with van der Waals surface area (Å²) >= 11 is 5.18. The highest BCUT2D eigenvalue weighted by atomic mass is 32.1. The molecule has 3 rings (SSSR count). The molecule has 0 unspecified atom stereocenters. The maximum Gasteiger partial charge on any atom is 0.253 e. The van der Waals surface area contributed by atoms with Crippen LogP contribution in [0.3, 0.4) is 0 Å². The van der Waals surface area contributed by atoms with Gasteiger partial charge in [0.25, 0.3) is 5.91 Å². The van der Waals surface area contributed by atoms with Crippen molar-refractivity contribution in [3.63, 3.8) is 0 Å². The number of carbonyl (C=O) groups is 2. The number of ether oxygens (including phenoxy) is 1. The number of methoxy groups -OCH3 is 1. The van der Waals surface area contributed by atoms with Crippen LogP contribution >= 0.6 is 12.2 Å². The van der Waals surface area contributed by atoms with Crippen LogP contribution < -0.4 is 15.4 Å². The first-order valence-electron chi connectivity index (χ1n) is 9.38. The van der Waals surface area contributed by atoms with Crippen LogP contribution in [0.4, 0.5) is 5.69 Å². The summed E-state index contributed by atoms with van der Waals surface area (Å²) in [4.78, 5) is 26.3. The molecule has 2 amide bonds. The molecule has 1 heterocycles. The topological polar surface area (TPSA) is 70.7 Å². The van der Waals surface area contributed by atoms with Gasteiger partial charge in [-0.2, -0.15) is 0 Å². The Labute approximate surface area is 175 Å². The first-order valence-corrected chi connectivity index (χ1v) is 9.79. The lowest BCUT2D eigenvalue weighted by Gasteiger charge is -2.15. The molecule has 0 aromatic heterocycles. The van der Waals surface area contributed by atoms with E-state index in [1.54, 1.807) is 37.5 Å². The minimum atomic E-state index is -0.334. The van der Waals surface area contributed by atoms with Crippen LogP contribution in [0.5, 0.6) is 5.75 Å². The first-order chi connectivity index (χ1) is 14.0. The summed E-state index contributed by atoms with van der Waals surface area (Å²) in [5.41, 5.74) is 2.22. The van der Waals surface area contributed by atoms with Gasteiger partial charge in [0.05, 0.1) is 7.11 Å². The number of benzene rings is 2. The number of anilines is 1. The molecule has 0 saturated carbocycles. The van der Waals surface area contributed by atoms with Crippen LogP contribution in [0.25, 0.3) is 6.08 Å². The Morgan fingerprint density at radius 3 is 2.31 bits per heavy atom. The monoisotopic (exact) mass is 409 g/mol. The van der Waals surface area contributed by atoms with E-state index in [2.05, 4.69) is 10.6 Å². The summed E-state index contributed by atoms with van der Waals surface area (Å²) in [7, 11) is 1.60. The highest BCUT2D eigenvalue weighted by molar-refractivity contribution is 7.80. The number of hydrogen-bond acceptors (Lipinski definition) is 4. The third-order valence-corrected chi connectivity index (χ3v) is 4.77. The van der Waals surface area contributed by atoms with Crippen molar-refractivity contribution in [1.29, 1.82) is 0 Å². The zero-order valence-electron chi connectivity index (χ0n) is 16.2. The number of nitrogens with one attached hydrogen (secondary N) is 2. The van der Waals surface area contributed by atoms with Crippen molar-refractivity contribution in [3.05, 3.63) is 65.7 Å². The normalized spacial score (nSPS) is 13.3. The van der Waals surface area contributed by atoms with Crippen molar-refractivity contribution in [2.45, 2.75) is 12.8 Å². The van der Waals surface area contributed by atoms with Gasteiger partial charge in [0.15, 0.2) is 5.11 Å². The van der Waals surface area contributed by atoms with E-state index in [1.165, 1.54) is 6.08 Å². The van der Waals surface area contributed by atoms with Crippen molar-refractivity contribution in [2.24, 2.45) is 0 Å². The van der Waals surface area contributed by atoms with Gasteiger partial charge in [0.1, 0.15) is 5.75 Å². The zero-order chi connectivity index (χ0) is 20.6. The molecule has 2 N–H and O–H groups in total. The van der Waals surface area contributed by atoms with Gasteiger partial charge in [-0.05, 0) is 73.1 Å². The fourth-order valence-electron chi connectivity index (χ4n) is 3.00. The molecule has 150 valence electrons. The number of carbonyl (C=O) groups excluding carboxylic acids is 2. The lowest BCUT2D eigenvalue weighted by Crippen LogP contribution is -2.32. The maximum atomic E-state index is 12.4. The van der Waals surface area contributed by atoms with Gasteiger partial charge in [-0.25, -0.2) is 0 Å². The quantitative estimate of drug-likeness (QED) is 0.585. The number of hydrogen-bond donors (Lipinski definition) is 2. The van der Waals surface area contributed by atoms with E-state index in [9.17, 15) is 9.59 Å². The lowest BCUT2D eigenvalue weighted by molar-refractivity contribution is -0.115. The highest BCUT2D eigenvalue weighted by Gasteiger charge is 2.19. The Bertz CT molecular complexity index is 902. The van der Waals surface area contributed by atoms with E-state index in [-0.39, 0.29) is 16.9 Å². The number of amides is 2. The SMILES string of the molecule is COc1ccc(/C=C/C(=O)NC(=S)Nc2ccc(C(=O)N3CCCC3)cc2)cc1. The molecule has 1 aliphatic heterocycles. The molecule has 0 spiro atoms. The van der Waals surface area contributed by atoms with Crippen molar-refractivity contribution in [3.8, 4) is 5.75 Å². The number of nitrogens with zero attached hydrogens (tertiary/aromatic N) is 1. The average molecular weight is 410 g/mol. The van der Waals surface area contributed by atoms with E-state index in [4.69, 9.17) is 17.0 Å². The smallest absolute Gasteiger partial charge is 0.253 e. The molecule has 0 bridgehead atoms. The average Bonchev–Trinajstić information content (AvgIpc) is 3.27. The molecule has 1 fully saturated rings. The molecule has 6 nitrogen and oxygen atoms in total. The Kier molecular flexibility index (Phi) is 6.97. The van der Waals surface area contributed by atoms with E-state index in [0.717, 1.165) is 37.2 Å². The molecule has 0 radical (unpaired) electrons. The molecule has 1 aliphatic rings. The van der Waals surface area contributed by atoms with Gasteiger partial charge < -0.3 is 15.0 Å². The van der Waals surface area contributed by atoms with Crippen LogP contribution in [0.1, 0.15) is 28.8 Å². The van der Waals surface area contributed by atoms with Crippen molar-refractivity contribution in [1.82, 2.24) is 10.2 Å². The van der Waals surface area contributed by atoms with E-state index >= 15 is 0 Å². The minimum Gasteiger partial charge on any atom is -0.497 e. The molecule has 0 atom stereocenters. The van der Waals surface area contributed by atoms with Gasteiger partial charge in [-0.3, -0.25) is 14.9 Å². The van der Waals surface area contributed by atoms with Crippen LogP contribution in [0.2, 0.25) is 0 Å². The molecule has 2 aromatic carbocycles. The second-order valence-corrected chi connectivity index (χ2v) is 7.03. The van der Waals surface area contributed by atoms with E-state index in [1.807, 2.05) is 29.2 Å². The molecule has 2 aromatic rings. The maximum absolute atomic E-state index is 12.4. The second-order valence-electron chi connectivity index (χ2n) is 6.63. The number of thiocarbonyl (C=S) groups is 1. The molecule has 1 saturated heterocycles. The van der Waals surface area contributed by atoms with Gasteiger partial charge in [0, 0.05) is 30.4 Å². The first kappa shape index (κ1) is 20.5. The summed E-state index contributed by atoms with van der Waals surface area (Å²) < 4.78 is 5.10. The second kappa shape index (κ2) is 9.84. The third-order valence-electron chi connectivity index (χ3n) is 4.56. The molecule has 7 heteroatoms. The molecular weight excluding hydrogens is 386 g/mol. The Morgan fingerprint density at radius 2 is 1.69 bits per heavy atom. The van der Waals surface area contributed by atoms with Crippen LogP contribution in [0.15, 0.2) is 54.6 Å². The van der Waals surface area contributed by atoms with Crippen molar-refractivity contribution in [2.75, 3.05) is 25.5 Å². The minimum absolute atomic E-state index is 0.0496. The van der Waals surface area contributed by atoms with Gasteiger partial charge in [-0.1, -0.05) is 12.1 Å². The predicted octanol–water partition coefficient (Wildman–Crippen LogP) is 3.46. The number of likely N-dealkylation sites (tertiary alicyclic amines) is 1. The standard InChI is InChI=1S/C22H23N3O3S/c1-28-19-11-4-16(5-12-19)6-13-20(26)24-22(29)23-18-9-7-17(8-10-18)21(27)25-14-2-3-15-25/h4-13H,2-3,14-15H2,1H3,(H2,23,24,26,29)/b13-6+. The molecule has 0 aliphatic carbocycles. The van der Waals surface area contributed by atoms with Crippen LogP contribution in [0, 0.1) is 0 Å². The van der Waals surface area contributed by atoms with Gasteiger partial charge in [-0.15, -0.1) is 0 Å². The van der Waals surface area contributed by atoms with Crippen LogP contribution in [-0.4, -0.2) is 42.0 Å². The van der Waals surface area contributed by atoms with Crippen LogP contribution in [-0.2, 0) is 4.79 Å². The summed E-state index contributed by atoms with van der Waals surface area (Å²) in [5.74, 6) is 0.470. The fourth-order valence-corrected chi connectivity index (χ4v) is 3.22. The van der Waals surface area contributed by atoms with Gasteiger partial charge in [0.2, 0.25) is 5.91 Å². The largest absolute Gasteiger partial charge is 0.497 e. The van der Waals surface area contributed by atoms with Gasteiger partial charge >= 0.3 is 0 Å². The number of rotatable bonds is 5. The summed E-state index contributed by atoms with van der Waals surface area (Å²) in [5, 5.41) is 5.73. The molecular formula is C22H23N3O3S. The Hall–Kier alpha value is -3.19. The zero-order valence-corrected chi connectivity index (χ0v) is 17.0.